The largest absolute Gasteiger partial charge is 0.445 e. The van der Waals surface area contributed by atoms with E-state index in [4.69, 9.17) is 4.74 Å². The molecule has 0 saturated heterocycles. The van der Waals surface area contributed by atoms with Crippen molar-refractivity contribution < 1.29 is 9.53 Å². The first kappa shape index (κ1) is 13.6. The summed E-state index contributed by atoms with van der Waals surface area (Å²) in [5.41, 5.74) is 2.24. The summed E-state index contributed by atoms with van der Waals surface area (Å²) in [6.45, 7) is 1.70. The Morgan fingerprint density at radius 2 is 2.15 bits per heavy atom. The molecular weight excluding hydrogens is 338 g/mol. The van der Waals surface area contributed by atoms with E-state index in [0.29, 0.717) is 13.2 Å². The van der Waals surface area contributed by atoms with Gasteiger partial charge in [-0.25, -0.2) is 4.79 Å². The average Bonchev–Trinajstić information content (AvgIpc) is 2.85. The molecule has 0 unspecified atom stereocenters. The van der Waals surface area contributed by atoms with Gasteiger partial charge in [-0.3, -0.25) is 0 Å². The molecule has 0 spiro atoms. The topological polar surface area (TPSA) is 29.5 Å². The lowest BCUT2D eigenvalue weighted by molar-refractivity contribution is 0.0921. The van der Waals surface area contributed by atoms with Crippen LogP contribution in [-0.4, -0.2) is 17.5 Å². The third-order valence-electron chi connectivity index (χ3n) is 3.30. The number of rotatable bonds is 2. The van der Waals surface area contributed by atoms with E-state index in [1.807, 2.05) is 30.3 Å². The minimum Gasteiger partial charge on any atom is -0.445 e. The number of hydrogen-bond donors (Lipinski definition) is 0. The van der Waals surface area contributed by atoms with Crippen LogP contribution in [0.25, 0.3) is 0 Å². The molecule has 3 rings (SSSR count). The van der Waals surface area contributed by atoms with Gasteiger partial charge in [-0.15, -0.1) is 11.3 Å². The third-order valence-corrected chi connectivity index (χ3v) is 5.04. The molecule has 0 N–H and O–H groups in total. The van der Waals surface area contributed by atoms with E-state index >= 15 is 0 Å². The van der Waals surface area contributed by atoms with Crippen molar-refractivity contribution in [3.05, 3.63) is 56.2 Å². The fourth-order valence-electron chi connectivity index (χ4n) is 2.26. The van der Waals surface area contributed by atoms with Crippen LogP contribution in [0.2, 0.25) is 0 Å². The molecule has 1 aromatic heterocycles. The van der Waals surface area contributed by atoms with E-state index in [2.05, 4.69) is 22.0 Å². The van der Waals surface area contributed by atoms with E-state index < -0.39 is 0 Å². The molecule has 1 amide bonds. The van der Waals surface area contributed by atoms with Crippen LogP contribution in [0.3, 0.4) is 0 Å². The number of halogens is 1. The van der Waals surface area contributed by atoms with Gasteiger partial charge < -0.3 is 9.64 Å². The number of nitrogens with zero attached hydrogens (tertiary/aromatic N) is 1. The van der Waals surface area contributed by atoms with Gasteiger partial charge in [0.25, 0.3) is 0 Å². The van der Waals surface area contributed by atoms with Gasteiger partial charge in [-0.2, -0.15) is 0 Å². The van der Waals surface area contributed by atoms with Crippen LogP contribution < -0.4 is 0 Å². The predicted octanol–water partition coefficient (Wildman–Crippen LogP) is 4.21. The Morgan fingerprint density at radius 1 is 1.35 bits per heavy atom. The van der Waals surface area contributed by atoms with Crippen molar-refractivity contribution in [1.82, 2.24) is 4.90 Å². The molecule has 1 aliphatic rings. The molecule has 0 saturated carbocycles. The van der Waals surface area contributed by atoms with Crippen molar-refractivity contribution in [2.45, 2.75) is 19.6 Å². The Labute approximate surface area is 130 Å². The van der Waals surface area contributed by atoms with Gasteiger partial charge in [0, 0.05) is 11.4 Å². The molecule has 20 heavy (non-hydrogen) atoms. The molecule has 0 fully saturated rings. The van der Waals surface area contributed by atoms with E-state index in [0.717, 1.165) is 22.3 Å². The van der Waals surface area contributed by atoms with Crippen LogP contribution in [-0.2, 0) is 24.3 Å². The number of thiophene rings is 1. The first-order valence-corrected chi connectivity index (χ1v) is 8.06. The number of carbonyl (C=O) groups is 1. The second kappa shape index (κ2) is 5.97. The summed E-state index contributed by atoms with van der Waals surface area (Å²) in [6.07, 6.45) is 0.674. The van der Waals surface area contributed by atoms with Gasteiger partial charge in [0.1, 0.15) is 6.61 Å². The summed E-state index contributed by atoms with van der Waals surface area (Å²) in [5, 5.41) is 0. The van der Waals surface area contributed by atoms with Gasteiger partial charge in [0.05, 0.1) is 10.3 Å². The Bertz CT molecular complexity index is 612. The molecule has 2 heterocycles. The monoisotopic (exact) mass is 351 g/mol. The molecule has 0 bridgehead atoms. The summed E-state index contributed by atoms with van der Waals surface area (Å²) < 4.78 is 6.49. The fourth-order valence-corrected chi connectivity index (χ4v) is 4.01. The zero-order chi connectivity index (χ0) is 13.9. The second-order valence-corrected chi connectivity index (χ2v) is 7.23. The molecular formula is C15H14BrNO2S. The fraction of sp³-hybridized carbons (Fsp3) is 0.267. The molecule has 0 atom stereocenters. The van der Waals surface area contributed by atoms with Crippen molar-refractivity contribution in [1.29, 1.82) is 0 Å². The van der Waals surface area contributed by atoms with Crippen LogP contribution in [0.1, 0.15) is 16.0 Å². The lowest BCUT2D eigenvalue weighted by Crippen LogP contribution is -2.35. The number of carbonyl (C=O) groups excluding carboxylic acids is 1. The Kier molecular flexibility index (Phi) is 4.08. The smallest absolute Gasteiger partial charge is 0.410 e. The van der Waals surface area contributed by atoms with Gasteiger partial charge in [0.2, 0.25) is 0 Å². The van der Waals surface area contributed by atoms with Crippen molar-refractivity contribution in [2.24, 2.45) is 0 Å². The van der Waals surface area contributed by atoms with Crippen LogP contribution in [0.5, 0.6) is 0 Å². The Hall–Kier alpha value is -1.33. The SMILES string of the molecule is O=C(OCc1ccccc1)N1CCc2sc(Br)cc2C1. The summed E-state index contributed by atoms with van der Waals surface area (Å²) >= 11 is 5.25. The standard InChI is InChI=1S/C15H14BrNO2S/c16-14-8-12-9-17(7-6-13(12)20-14)15(18)19-10-11-4-2-1-3-5-11/h1-5,8H,6-7,9-10H2. The van der Waals surface area contributed by atoms with Crippen LogP contribution >= 0.6 is 27.3 Å². The van der Waals surface area contributed by atoms with Crippen molar-refractivity contribution in [3.8, 4) is 0 Å². The molecule has 5 heteroatoms. The van der Waals surface area contributed by atoms with Gasteiger partial charge in [-0.1, -0.05) is 30.3 Å². The van der Waals surface area contributed by atoms with Crippen molar-refractivity contribution in [3.63, 3.8) is 0 Å². The molecule has 0 aliphatic carbocycles. The maximum atomic E-state index is 12.1. The van der Waals surface area contributed by atoms with E-state index in [9.17, 15) is 4.79 Å². The van der Waals surface area contributed by atoms with Crippen LogP contribution in [0.15, 0.2) is 40.2 Å². The molecule has 2 aromatic rings. The maximum absolute atomic E-state index is 12.1. The highest BCUT2D eigenvalue weighted by atomic mass is 79.9. The molecule has 3 nitrogen and oxygen atoms in total. The summed E-state index contributed by atoms with van der Waals surface area (Å²) in [4.78, 5) is 15.2. The first-order valence-electron chi connectivity index (χ1n) is 6.45. The zero-order valence-corrected chi connectivity index (χ0v) is 13.2. The number of benzene rings is 1. The van der Waals surface area contributed by atoms with Gasteiger partial charge in [-0.05, 0) is 39.5 Å². The summed E-state index contributed by atoms with van der Waals surface area (Å²) in [5.74, 6) is 0. The molecule has 1 aromatic carbocycles. The molecule has 1 aliphatic heterocycles. The van der Waals surface area contributed by atoms with Gasteiger partial charge >= 0.3 is 6.09 Å². The Morgan fingerprint density at radius 3 is 2.95 bits per heavy atom. The van der Waals surface area contributed by atoms with Crippen molar-refractivity contribution in [2.75, 3.05) is 6.54 Å². The molecule has 0 radical (unpaired) electrons. The van der Waals surface area contributed by atoms with Crippen LogP contribution in [0, 0.1) is 0 Å². The van der Waals surface area contributed by atoms with E-state index in [-0.39, 0.29) is 6.09 Å². The zero-order valence-electron chi connectivity index (χ0n) is 10.8. The maximum Gasteiger partial charge on any atom is 0.410 e. The lowest BCUT2D eigenvalue weighted by atomic mass is 10.1. The first-order chi connectivity index (χ1) is 9.72. The van der Waals surface area contributed by atoms with Gasteiger partial charge in [0.15, 0.2) is 0 Å². The Balaban J connectivity index is 1.59. The highest BCUT2D eigenvalue weighted by molar-refractivity contribution is 9.11. The number of amides is 1. The van der Waals surface area contributed by atoms with Crippen LogP contribution in [0.4, 0.5) is 4.79 Å². The van der Waals surface area contributed by atoms with E-state index in [1.165, 1.54) is 10.4 Å². The summed E-state index contributed by atoms with van der Waals surface area (Å²) in [7, 11) is 0. The second-order valence-electron chi connectivity index (χ2n) is 4.71. The highest BCUT2D eigenvalue weighted by Crippen LogP contribution is 2.31. The third kappa shape index (κ3) is 3.04. The number of ether oxygens (including phenoxy) is 1. The number of fused-ring (bicyclic) bond motifs is 1. The quantitative estimate of drug-likeness (QED) is 0.811. The molecule has 104 valence electrons. The average molecular weight is 352 g/mol. The van der Waals surface area contributed by atoms with Crippen molar-refractivity contribution >= 4 is 33.4 Å². The minimum atomic E-state index is -0.234. The normalized spacial score (nSPS) is 13.9. The van der Waals surface area contributed by atoms with E-state index in [1.54, 1.807) is 16.2 Å². The summed E-state index contributed by atoms with van der Waals surface area (Å²) in [6, 6.07) is 11.8. The minimum absolute atomic E-state index is 0.234. The lowest BCUT2D eigenvalue weighted by Gasteiger charge is -2.26. The predicted molar refractivity (Wildman–Crippen MR) is 82.8 cm³/mol. The highest BCUT2D eigenvalue weighted by Gasteiger charge is 2.23. The number of hydrogen-bond acceptors (Lipinski definition) is 3.